The highest BCUT2D eigenvalue weighted by Gasteiger charge is 2.37. The van der Waals surface area contributed by atoms with Crippen LogP contribution in [-0.2, 0) is 6.42 Å². The molecule has 2 rings (SSSR count). The van der Waals surface area contributed by atoms with Gasteiger partial charge in [0.15, 0.2) is 0 Å². The Balaban J connectivity index is 1.99. The lowest BCUT2D eigenvalue weighted by Gasteiger charge is -2.08. The summed E-state index contributed by atoms with van der Waals surface area (Å²) in [7, 11) is 0. The van der Waals surface area contributed by atoms with Gasteiger partial charge in [0.25, 0.3) is 0 Å². The van der Waals surface area contributed by atoms with Crippen LogP contribution in [0, 0.1) is 0 Å². The minimum atomic E-state index is 0.138. The van der Waals surface area contributed by atoms with E-state index in [4.69, 9.17) is 5.73 Å². The van der Waals surface area contributed by atoms with Gasteiger partial charge in [-0.25, -0.2) is 0 Å². The first-order chi connectivity index (χ1) is 6.72. The predicted octanol–water partition coefficient (Wildman–Crippen LogP) is 2.83. The van der Waals surface area contributed by atoms with E-state index < -0.39 is 0 Å². The third-order valence-electron chi connectivity index (χ3n) is 2.68. The minimum absolute atomic E-state index is 0.138. The van der Waals surface area contributed by atoms with Gasteiger partial charge in [-0.3, -0.25) is 0 Å². The fraction of sp³-hybridized carbons (Fsp3) is 0.500. The van der Waals surface area contributed by atoms with E-state index in [0.29, 0.717) is 0 Å². The molecule has 2 heteroatoms. The number of hydrogen-bond acceptors (Lipinski definition) is 2. The quantitative estimate of drug-likeness (QED) is 0.768. The van der Waals surface area contributed by atoms with Crippen molar-refractivity contribution < 1.29 is 0 Å². The second-order valence-electron chi connectivity index (χ2n) is 4.12. The van der Waals surface area contributed by atoms with Crippen molar-refractivity contribution in [1.82, 2.24) is 0 Å². The summed E-state index contributed by atoms with van der Waals surface area (Å²) in [5.74, 6) is 1.14. The average Bonchev–Trinajstić information content (AvgIpc) is 2.88. The van der Waals surface area contributed by atoms with Crippen molar-refractivity contribution in [3.8, 4) is 0 Å². The SMILES string of the molecule is CCSc1ccc(CC2(N)CC2)cc1. The second kappa shape index (κ2) is 3.95. The summed E-state index contributed by atoms with van der Waals surface area (Å²) in [6.45, 7) is 2.18. The molecule has 1 aliphatic rings. The smallest absolute Gasteiger partial charge is 0.0196 e. The van der Waals surface area contributed by atoms with E-state index in [1.165, 1.54) is 23.3 Å². The Morgan fingerprint density at radius 2 is 1.93 bits per heavy atom. The molecule has 0 unspecified atom stereocenters. The Morgan fingerprint density at radius 3 is 2.43 bits per heavy atom. The number of thioether (sulfide) groups is 1. The highest BCUT2D eigenvalue weighted by Crippen LogP contribution is 2.35. The van der Waals surface area contributed by atoms with Crippen molar-refractivity contribution in [3.05, 3.63) is 29.8 Å². The number of rotatable bonds is 4. The zero-order chi connectivity index (χ0) is 10.0. The first-order valence-electron chi connectivity index (χ1n) is 5.22. The van der Waals surface area contributed by atoms with Gasteiger partial charge in [-0.1, -0.05) is 19.1 Å². The van der Waals surface area contributed by atoms with Gasteiger partial charge in [0, 0.05) is 10.4 Å². The maximum Gasteiger partial charge on any atom is 0.0196 e. The van der Waals surface area contributed by atoms with Crippen molar-refractivity contribution in [1.29, 1.82) is 0 Å². The van der Waals surface area contributed by atoms with E-state index in [-0.39, 0.29) is 5.54 Å². The molecule has 2 N–H and O–H groups in total. The van der Waals surface area contributed by atoms with Gasteiger partial charge < -0.3 is 5.73 Å². The van der Waals surface area contributed by atoms with Gasteiger partial charge in [-0.15, -0.1) is 11.8 Å². The van der Waals surface area contributed by atoms with Crippen LogP contribution in [0.3, 0.4) is 0 Å². The lowest BCUT2D eigenvalue weighted by molar-refractivity contribution is 0.672. The van der Waals surface area contributed by atoms with Crippen LogP contribution in [0.5, 0.6) is 0 Å². The van der Waals surface area contributed by atoms with Crippen LogP contribution in [0.2, 0.25) is 0 Å². The maximum absolute atomic E-state index is 6.07. The molecule has 76 valence electrons. The summed E-state index contributed by atoms with van der Waals surface area (Å²) < 4.78 is 0. The fourth-order valence-corrected chi connectivity index (χ4v) is 2.28. The zero-order valence-electron chi connectivity index (χ0n) is 8.62. The molecule has 0 saturated heterocycles. The van der Waals surface area contributed by atoms with Crippen molar-refractivity contribution in [2.24, 2.45) is 5.73 Å². The Morgan fingerprint density at radius 1 is 1.29 bits per heavy atom. The molecule has 1 aromatic rings. The molecule has 1 nitrogen and oxygen atoms in total. The molecule has 0 radical (unpaired) electrons. The number of benzene rings is 1. The van der Waals surface area contributed by atoms with Crippen LogP contribution in [0.1, 0.15) is 25.3 Å². The Labute approximate surface area is 90.1 Å². The van der Waals surface area contributed by atoms with Gasteiger partial charge in [-0.05, 0) is 42.7 Å². The molecule has 0 heterocycles. The standard InChI is InChI=1S/C12H17NS/c1-2-14-11-5-3-10(4-6-11)9-12(13)7-8-12/h3-6H,2,7-9,13H2,1H3. The van der Waals surface area contributed by atoms with E-state index in [9.17, 15) is 0 Å². The summed E-state index contributed by atoms with van der Waals surface area (Å²) in [4.78, 5) is 1.36. The lowest BCUT2D eigenvalue weighted by Crippen LogP contribution is -2.24. The molecule has 1 aliphatic carbocycles. The highest BCUT2D eigenvalue weighted by atomic mass is 32.2. The monoisotopic (exact) mass is 207 g/mol. The molecule has 0 aliphatic heterocycles. The minimum Gasteiger partial charge on any atom is -0.325 e. The Bertz CT molecular complexity index is 301. The first-order valence-corrected chi connectivity index (χ1v) is 6.21. The molecule has 0 bridgehead atoms. The lowest BCUT2D eigenvalue weighted by atomic mass is 10.1. The van der Waals surface area contributed by atoms with Gasteiger partial charge >= 0.3 is 0 Å². The van der Waals surface area contributed by atoms with Crippen molar-refractivity contribution in [3.63, 3.8) is 0 Å². The van der Waals surface area contributed by atoms with Crippen LogP contribution in [0.25, 0.3) is 0 Å². The van der Waals surface area contributed by atoms with Gasteiger partial charge in [-0.2, -0.15) is 0 Å². The van der Waals surface area contributed by atoms with Gasteiger partial charge in [0.2, 0.25) is 0 Å². The third-order valence-corrected chi connectivity index (χ3v) is 3.58. The number of hydrogen-bond donors (Lipinski definition) is 1. The van der Waals surface area contributed by atoms with Crippen molar-refractivity contribution >= 4 is 11.8 Å². The van der Waals surface area contributed by atoms with Crippen LogP contribution < -0.4 is 5.73 Å². The molecule has 1 saturated carbocycles. The molecule has 0 amide bonds. The van der Waals surface area contributed by atoms with Crippen LogP contribution in [-0.4, -0.2) is 11.3 Å². The molecule has 1 aromatic carbocycles. The van der Waals surface area contributed by atoms with E-state index >= 15 is 0 Å². The van der Waals surface area contributed by atoms with E-state index in [2.05, 4.69) is 31.2 Å². The van der Waals surface area contributed by atoms with Gasteiger partial charge in [0.05, 0.1) is 0 Å². The normalized spacial score (nSPS) is 18.1. The number of nitrogens with two attached hydrogens (primary N) is 1. The zero-order valence-corrected chi connectivity index (χ0v) is 9.44. The highest BCUT2D eigenvalue weighted by molar-refractivity contribution is 7.99. The molecular weight excluding hydrogens is 190 g/mol. The van der Waals surface area contributed by atoms with Crippen LogP contribution in [0.4, 0.5) is 0 Å². The second-order valence-corrected chi connectivity index (χ2v) is 5.45. The predicted molar refractivity (Wildman–Crippen MR) is 62.7 cm³/mol. The Kier molecular flexibility index (Phi) is 2.84. The largest absolute Gasteiger partial charge is 0.325 e. The third kappa shape index (κ3) is 2.52. The molecule has 14 heavy (non-hydrogen) atoms. The summed E-state index contributed by atoms with van der Waals surface area (Å²) in [5.41, 5.74) is 7.59. The summed E-state index contributed by atoms with van der Waals surface area (Å²) in [6.07, 6.45) is 3.43. The van der Waals surface area contributed by atoms with Crippen molar-refractivity contribution in [2.45, 2.75) is 36.6 Å². The molecule has 0 spiro atoms. The Hall–Kier alpha value is -0.470. The van der Waals surface area contributed by atoms with Crippen LogP contribution in [0.15, 0.2) is 29.2 Å². The van der Waals surface area contributed by atoms with Gasteiger partial charge in [0.1, 0.15) is 0 Å². The van der Waals surface area contributed by atoms with E-state index in [0.717, 1.165) is 12.2 Å². The summed E-state index contributed by atoms with van der Waals surface area (Å²) in [5, 5.41) is 0. The van der Waals surface area contributed by atoms with Crippen LogP contribution >= 0.6 is 11.8 Å². The van der Waals surface area contributed by atoms with Crippen molar-refractivity contribution in [2.75, 3.05) is 5.75 Å². The van der Waals surface area contributed by atoms with E-state index in [1.54, 1.807) is 0 Å². The molecule has 0 aromatic heterocycles. The van der Waals surface area contributed by atoms with E-state index in [1.807, 2.05) is 11.8 Å². The first kappa shape index (κ1) is 10.1. The molecule has 0 atom stereocenters. The summed E-state index contributed by atoms with van der Waals surface area (Å²) >= 11 is 1.89. The maximum atomic E-state index is 6.07. The molecular formula is C12H17NS. The summed E-state index contributed by atoms with van der Waals surface area (Å²) in [6, 6.07) is 8.83. The fourth-order valence-electron chi connectivity index (χ4n) is 1.61. The average molecular weight is 207 g/mol. The topological polar surface area (TPSA) is 26.0 Å². The molecule has 1 fully saturated rings.